The lowest BCUT2D eigenvalue weighted by molar-refractivity contribution is -0.137. The number of carbonyl (C=O) groups is 2. The van der Waals surface area contributed by atoms with Crippen LogP contribution in [0.1, 0.15) is 12.8 Å². The molecule has 5 nitrogen and oxygen atoms in total. The Morgan fingerprint density at radius 3 is 2.86 bits per heavy atom. The van der Waals surface area contributed by atoms with E-state index in [4.69, 9.17) is 16.7 Å². The maximum Gasteiger partial charge on any atom is 0.304 e. The zero-order valence-electron chi connectivity index (χ0n) is 11.7. The summed E-state index contributed by atoms with van der Waals surface area (Å²) in [5, 5.41) is 9.29. The first kappa shape index (κ1) is 17.8. The molecule has 0 saturated carbocycles. The number of nitrogens with zero attached hydrogens (tertiary/aromatic N) is 2. The van der Waals surface area contributed by atoms with E-state index in [1.54, 1.807) is 29.0 Å². The van der Waals surface area contributed by atoms with E-state index in [0.717, 1.165) is 5.69 Å². The van der Waals surface area contributed by atoms with Crippen LogP contribution >= 0.6 is 24.0 Å². The number of benzene rings is 1. The van der Waals surface area contributed by atoms with Gasteiger partial charge in [-0.2, -0.15) is 0 Å². The van der Waals surface area contributed by atoms with Gasteiger partial charge in [0.05, 0.1) is 12.5 Å². The molecule has 1 fully saturated rings. The van der Waals surface area contributed by atoms with Gasteiger partial charge in [-0.3, -0.25) is 14.5 Å². The number of carboxylic acids is 1. The molecule has 0 bridgehead atoms. The van der Waals surface area contributed by atoms with Crippen LogP contribution < -0.4 is 4.90 Å². The summed E-state index contributed by atoms with van der Waals surface area (Å²) in [7, 11) is 1.78. The minimum atomic E-state index is -0.853. The van der Waals surface area contributed by atoms with Gasteiger partial charge in [0.25, 0.3) is 0 Å². The number of aliphatic carboxylic acids is 1. The molecular weight excluding hydrogens is 315 g/mol. The second-order valence-electron chi connectivity index (χ2n) is 4.90. The largest absolute Gasteiger partial charge is 0.481 e. The first-order chi connectivity index (χ1) is 9.49. The smallest absolute Gasteiger partial charge is 0.304 e. The summed E-state index contributed by atoms with van der Waals surface area (Å²) in [5.74, 6) is -0.853. The SMILES string of the molecule is CN(CCC(=O)O)C1CCN(c2cccc(Cl)c2)C1=O.Cl. The summed E-state index contributed by atoms with van der Waals surface area (Å²) in [4.78, 5) is 26.5. The van der Waals surface area contributed by atoms with Crippen LogP contribution in [0.15, 0.2) is 24.3 Å². The molecule has 1 heterocycles. The maximum atomic E-state index is 12.4. The maximum absolute atomic E-state index is 12.4. The van der Waals surface area contributed by atoms with Gasteiger partial charge in [-0.05, 0) is 31.7 Å². The number of anilines is 1. The van der Waals surface area contributed by atoms with Crippen molar-refractivity contribution < 1.29 is 14.7 Å². The summed E-state index contributed by atoms with van der Waals surface area (Å²) in [5.41, 5.74) is 0.789. The number of hydrogen-bond acceptors (Lipinski definition) is 3. The van der Waals surface area contributed by atoms with Crippen molar-refractivity contribution in [2.75, 3.05) is 25.0 Å². The number of likely N-dealkylation sites (N-methyl/N-ethyl adjacent to an activating group) is 1. The van der Waals surface area contributed by atoms with Crippen LogP contribution in [0, 0.1) is 0 Å². The molecule has 1 atom stereocenters. The van der Waals surface area contributed by atoms with Crippen molar-refractivity contribution in [1.82, 2.24) is 4.90 Å². The highest BCUT2D eigenvalue weighted by molar-refractivity contribution is 6.30. The fourth-order valence-corrected chi connectivity index (χ4v) is 2.59. The molecule has 0 aliphatic carbocycles. The third kappa shape index (κ3) is 4.33. The molecule has 1 saturated heterocycles. The van der Waals surface area contributed by atoms with Gasteiger partial charge in [-0.25, -0.2) is 0 Å². The third-order valence-corrected chi connectivity index (χ3v) is 3.74. The molecule has 1 aromatic carbocycles. The molecule has 1 aliphatic heterocycles. The van der Waals surface area contributed by atoms with Gasteiger partial charge in [0.15, 0.2) is 0 Å². The van der Waals surface area contributed by atoms with E-state index in [1.807, 2.05) is 12.1 Å². The Bertz CT molecular complexity index is 525. The number of amides is 1. The summed E-state index contributed by atoms with van der Waals surface area (Å²) >= 11 is 5.94. The minimum Gasteiger partial charge on any atom is -0.481 e. The van der Waals surface area contributed by atoms with Crippen molar-refractivity contribution in [3.63, 3.8) is 0 Å². The predicted octanol–water partition coefficient (Wildman–Crippen LogP) is 2.27. The molecule has 1 amide bonds. The van der Waals surface area contributed by atoms with Crippen molar-refractivity contribution in [3.05, 3.63) is 29.3 Å². The van der Waals surface area contributed by atoms with Gasteiger partial charge in [0, 0.05) is 23.8 Å². The Morgan fingerprint density at radius 1 is 1.52 bits per heavy atom. The van der Waals surface area contributed by atoms with Crippen molar-refractivity contribution in [2.24, 2.45) is 0 Å². The van der Waals surface area contributed by atoms with Crippen LogP contribution in [0.4, 0.5) is 5.69 Å². The number of carbonyl (C=O) groups excluding carboxylic acids is 1. The zero-order chi connectivity index (χ0) is 14.7. The molecule has 0 radical (unpaired) electrons. The average molecular weight is 333 g/mol. The first-order valence-electron chi connectivity index (χ1n) is 6.48. The highest BCUT2D eigenvalue weighted by atomic mass is 35.5. The number of halogens is 2. The molecule has 1 N–H and O–H groups in total. The molecule has 116 valence electrons. The van der Waals surface area contributed by atoms with Crippen LogP contribution in [-0.4, -0.2) is 48.1 Å². The molecule has 7 heteroatoms. The Balaban J connectivity index is 0.00000220. The summed E-state index contributed by atoms with van der Waals surface area (Å²) < 4.78 is 0. The average Bonchev–Trinajstić information content (AvgIpc) is 2.78. The normalized spacial score (nSPS) is 18.0. The second kappa shape index (κ2) is 7.64. The summed E-state index contributed by atoms with van der Waals surface area (Å²) in [6.07, 6.45) is 0.735. The predicted molar refractivity (Wildman–Crippen MR) is 84.3 cm³/mol. The van der Waals surface area contributed by atoms with Crippen molar-refractivity contribution in [2.45, 2.75) is 18.9 Å². The van der Waals surface area contributed by atoms with E-state index >= 15 is 0 Å². The lowest BCUT2D eigenvalue weighted by Crippen LogP contribution is -2.40. The minimum absolute atomic E-state index is 0. The molecule has 1 aliphatic rings. The standard InChI is InChI=1S/C14H17ClN2O3.ClH/c1-16(7-6-13(18)19)12-5-8-17(14(12)20)11-4-2-3-10(15)9-11;/h2-4,9,12H,5-8H2,1H3,(H,18,19);1H. The van der Waals surface area contributed by atoms with Gasteiger partial charge < -0.3 is 10.0 Å². The molecule has 0 aromatic heterocycles. The van der Waals surface area contributed by atoms with E-state index in [-0.39, 0.29) is 30.8 Å². The fraction of sp³-hybridized carbons (Fsp3) is 0.429. The van der Waals surface area contributed by atoms with Crippen LogP contribution in [0.25, 0.3) is 0 Å². The summed E-state index contributed by atoms with van der Waals surface area (Å²) in [6, 6.07) is 6.94. The van der Waals surface area contributed by atoms with Crippen molar-refractivity contribution >= 4 is 41.6 Å². The van der Waals surface area contributed by atoms with Crippen LogP contribution in [-0.2, 0) is 9.59 Å². The van der Waals surface area contributed by atoms with E-state index in [2.05, 4.69) is 0 Å². The molecule has 0 spiro atoms. The van der Waals surface area contributed by atoms with Gasteiger partial charge in [-0.15, -0.1) is 12.4 Å². The van der Waals surface area contributed by atoms with Crippen LogP contribution in [0.5, 0.6) is 0 Å². The highest BCUT2D eigenvalue weighted by Gasteiger charge is 2.35. The van der Waals surface area contributed by atoms with Crippen molar-refractivity contribution in [1.29, 1.82) is 0 Å². The number of hydrogen-bond donors (Lipinski definition) is 1. The van der Waals surface area contributed by atoms with E-state index in [1.165, 1.54) is 0 Å². The molecule has 1 unspecified atom stereocenters. The van der Waals surface area contributed by atoms with Crippen molar-refractivity contribution in [3.8, 4) is 0 Å². The topological polar surface area (TPSA) is 60.9 Å². The number of rotatable bonds is 5. The molecule has 1 aromatic rings. The zero-order valence-corrected chi connectivity index (χ0v) is 13.2. The second-order valence-corrected chi connectivity index (χ2v) is 5.34. The van der Waals surface area contributed by atoms with E-state index < -0.39 is 5.97 Å². The van der Waals surface area contributed by atoms with Gasteiger partial charge in [0.1, 0.15) is 0 Å². The van der Waals surface area contributed by atoms with E-state index in [0.29, 0.717) is 24.5 Å². The molecular formula is C14H18Cl2N2O3. The monoisotopic (exact) mass is 332 g/mol. The Hall–Kier alpha value is -1.30. The van der Waals surface area contributed by atoms with Gasteiger partial charge in [0.2, 0.25) is 5.91 Å². The Labute approximate surface area is 134 Å². The molecule has 2 rings (SSSR count). The fourth-order valence-electron chi connectivity index (χ4n) is 2.40. The van der Waals surface area contributed by atoms with Crippen LogP contribution in [0.3, 0.4) is 0 Å². The van der Waals surface area contributed by atoms with Gasteiger partial charge >= 0.3 is 5.97 Å². The quantitative estimate of drug-likeness (QED) is 0.898. The third-order valence-electron chi connectivity index (χ3n) is 3.51. The van der Waals surface area contributed by atoms with E-state index in [9.17, 15) is 9.59 Å². The Kier molecular flexibility index (Phi) is 6.45. The first-order valence-corrected chi connectivity index (χ1v) is 6.86. The number of carboxylic acid groups (broad SMARTS) is 1. The lowest BCUT2D eigenvalue weighted by Gasteiger charge is -2.23. The summed E-state index contributed by atoms with van der Waals surface area (Å²) in [6.45, 7) is 0.996. The van der Waals surface area contributed by atoms with Gasteiger partial charge in [-0.1, -0.05) is 17.7 Å². The molecule has 21 heavy (non-hydrogen) atoms. The Morgan fingerprint density at radius 2 is 2.24 bits per heavy atom. The van der Waals surface area contributed by atoms with Crippen LogP contribution in [0.2, 0.25) is 5.02 Å². The highest BCUT2D eigenvalue weighted by Crippen LogP contribution is 2.26. The lowest BCUT2D eigenvalue weighted by atomic mass is 10.2.